The predicted molar refractivity (Wildman–Crippen MR) is 60.6 cm³/mol. The molecule has 0 spiro atoms. The molecule has 1 heterocycles. The van der Waals surface area contributed by atoms with Crippen LogP contribution in [0.5, 0.6) is 0 Å². The van der Waals surface area contributed by atoms with Crippen molar-refractivity contribution in [1.82, 2.24) is 4.90 Å². The zero-order valence-corrected chi connectivity index (χ0v) is 13.8. The minimum Gasteiger partial charge on any atom is -0.306 e. The van der Waals surface area contributed by atoms with Gasteiger partial charge in [-0.3, -0.25) is 4.21 Å². The summed E-state index contributed by atoms with van der Waals surface area (Å²) in [4.78, 5) is 2.30. The Morgan fingerprint density at radius 1 is 1.21 bits per heavy atom. The summed E-state index contributed by atoms with van der Waals surface area (Å²) in [7, 11) is 1.46. The van der Waals surface area contributed by atoms with Gasteiger partial charge < -0.3 is 4.90 Å². The summed E-state index contributed by atoms with van der Waals surface area (Å²) in [6.07, 6.45) is 3.98. The van der Waals surface area contributed by atoms with Crippen LogP contribution in [0.25, 0.3) is 0 Å². The van der Waals surface area contributed by atoms with Gasteiger partial charge in [0.15, 0.2) is 0 Å². The average molecular weight is 294 g/mol. The van der Waals surface area contributed by atoms with Crippen LogP contribution in [0.2, 0.25) is 0 Å². The quantitative estimate of drug-likeness (QED) is 0.736. The van der Waals surface area contributed by atoms with Crippen LogP contribution < -0.4 is 0 Å². The van der Waals surface area contributed by atoms with Gasteiger partial charge in [-0.15, -0.1) is 0 Å². The molecule has 4 heteroatoms. The second-order valence-electron chi connectivity index (χ2n) is 3.71. The van der Waals surface area contributed by atoms with Gasteiger partial charge in [0.05, 0.1) is 0 Å². The van der Waals surface area contributed by atoms with Gasteiger partial charge in [0.2, 0.25) is 0 Å². The smallest absolute Gasteiger partial charge is 0.0452 e. The maximum absolute atomic E-state index is 11.3. The number of rotatable bonds is 1. The summed E-state index contributed by atoms with van der Waals surface area (Å²) in [6, 6.07) is 0. The largest absolute Gasteiger partial charge is 0.306 e. The van der Waals surface area contributed by atoms with E-state index in [0.29, 0.717) is 0 Å². The van der Waals surface area contributed by atoms with Crippen molar-refractivity contribution >= 4 is 10.8 Å². The molecule has 1 saturated heterocycles. The minimum absolute atomic E-state index is 0. The Balaban J connectivity index is 0. The average Bonchev–Trinajstić information content (AvgIpc) is 2.14. The number of piperidine rings is 1. The first kappa shape index (κ1) is 17.6. The van der Waals surface area contributed by atoms with E-state index in [-0.39, 0.29) is 37.5 Å². The molecule has 1 fully saturated rings. The normalized spacial score (nSPS) is 22.6. The summed E-state index contributed by atoms with van der Waals surface area (Å²) in [6.45, 7) is 8.32. The molecule has 1 atom stereocenters. The molecule has 0 N–H and O–H groups in total. The number of likely N-dealkylation sites (tertiary alicyclic amines) is 1. The molecule has 2 nitrogen and oxygen atoms in total. The summed E-state index contributed by atoms with van der Waals surface area (Å²) in [5.41, 5.74) is 0. The predicted octanol–water partition coefficient (Wildman–Crippen LogP) is 1.87. The minimum atomic E-state index is -0.659. The van der Waals surface area contributed by atoms with Gasteiger partial charge in [0.25, 0.3) is 0 Å². The van der Waals surface area contributed by atoms with Crippen molar-refractivity contribution in [3.63, 3.8) is 0 Å². The fraction of sp³-hybridized carbons (Fsp3) is 1.00. The van der Waals surface area contributed by atoms with E-state index in [1.54, 1.807) is 0 Å². The molecule has 0 bridgehead atoms. The van der Waals surface area contributed by atoms with Crippen LogP contribution in [0.1, 0.15) is 33.6 Å². The molecule has 83 valence electrons. The maximum Gasteiger partial charge on any atom is 0.0452 e. The van der Waals surface area contributed by atoms with Crippen molar-refractivity contribution in [3.05, 3.63) is 0 Å². The van der Waals surface area contributed by atoms with E-state index in [4.69, 9.17) is 0 Å². The van der Waals surface area contributed by atoms with Crippen molar-refractivity contribution < 1.29 is 36.9 Å². The Morgan fingerprint density at radius 2 is 1.57 bits per heavy atom. The Kier molecular flexibility index (Phi) is 10.5. The molecule has 14 heavy (non-hydrogen) atoms. The molecule has 1 aliphatic heterocycles. The van der Waals surface area contributed by atoms with E-state index in [9.17, 15) is 4.21 Å². The second kappa shape index (κ2) is 8.38. The number of hydrogen-bond acceptors (Lipinski definition) is 2. The van der Waals surface area contributed by atoms with Gasteiger partial charge in [-0.25, -0.2) is 0 Å². The van der Waals surface area contributed by atoms with Crippen LogP contribution in [-0.4, -0.2) is 40.2 Å². The van der Waals surface area contributed by atoms with Crippen molar-refractivity contribution in [2.75, 3.05) is 26.4 Å². The molecule has 0 aromatic rings. The van der Waals surface area contributed by atoms with Crippen LogP contribution in [-0.2, 0) is 43.5 Å². The van der Waals surface area contributed by atoms with Crippen molar-refractivity contribution in [1.29, 1.82) is 0 Å². The van der Waals surface area contributed by atoms with Crippen LogP contribution in [0, 0.1) is 0 Å². The first-order chi connectivity index (χ1) is 6.04. The molecule has 0 aromatic heterocycles. The molecule has 1 radical (unpaired) electrons. The molecular weight excluding hydrogens is 271 g/mol. The van der Waals surface area contributed by atoms with Gasteiger partial charge >= 0.3 is 0 Å². The van der Waals surface area contributed by atoms with Crippen LogP contribution >= 0.6 is 0 Å². The molecular formula is C10H23NOSY. The molecule has 1 aliphatic rings. The van der Waals surface area contributed by atoms with Crippen molar-refractivity contribution in [2.24, 2.45) is 0 Å². The monoisotopic (exact) mass is 294 g/mol. The van der Waals surface area contributed by atoms with Gasteiger partial charge in [-0.1, -0.05) is 13.8 Å². The Labute approximate surface area is 117 Å². The van der Waals surface area contributed by atoms with Gasteiger partial charge in [0, 0.05) is 54.5 Å². The van der Waals surface area contributed by atoms with E-state index < -0.39 is 10.8 Å². The molecule has 1 unspecified atom stereocenters. The number of nitrogens with zero attached hydrogens (tertiary/aromatic N) is 1. The fourth-order valence-corrected chi connectivity index (χ4v) is 2.14. The van der Waals surface area contributed by atoms with Gasteiger partial charge in [0.1, 0.15) is 0 Å². The Bertz CT molecular complexity index is 168. The summed E-state index contributed by atoms with van der Waals surface area (Å²) in [5, 5.41) is 0. The molecule has 1 rings (SSSR count). The third kappa shape index (κ3) is 5.34. The van der Waals surface area contributed by atoms with Crippen molar-refractivity contribution in [3.8, 4) is 0 Å². The maximum atomic E-state index is 11.3. The molecule has 0 aromatic carbocycles. The van der Waals surface area contributed by atoms with E-state index in [1.165, 1.54) is 0 Å². The summed E-state index contributed by atoms with van der Waals surface area (Å²) >= 11 is 0. The Morgan fingerprint density at radius 3 is 1.86 bits per heavy atom. The molecule has 0 aliphatic carbocycles. The third-order valence-corrected chi connectivity index (χ3v) is 4.53. The standard InChI is InChI=1S/C8H17NOS.C2H6.Y/c1-8(11(3)10)4-6-9(2)7-5-8;1-2;/h4-7H2,1-3H3;1-2H3;. The summed E-state index contributed by atoms with van der Waals surface area (Å²) < 4.78 is 11.4. The molecule has 0 saturated carbocycles. The van der Waals surface area contributed by atoms with E-state index >= 15 is 0 Å². The topological polar surface area (TPSA) is 20.3 Å². The van der Waals surface area contributed by atoms with E-state index in [1.807, 2.05) is 20.1 Å². The molecule has 0 amide bonds. The third-order valence-electron chi connectivity index (χ3n) is 2.74. The van der Waals surface area contributed by atoms with Crippen LogP contribution in [0.3, 0.4) is 0 Å². The van der Waals surface area contributed by atoms with Crippen LogP contribution in [0.4, 0.5) is 0 Å². The van der Waals surface area contributed by atoms with Crippen molar-refractivity contribution in [2.45, 2.75) is 38.4 Å². The SMILES string of the molecule is CC.CN1CCC(C)(S(C)=O)CC1.[Y]. The van der Waals surface area contributed by atoms with Gasteiger partial charge in [-0.2, -0.15) is 0 Å². The number of hydrogen-bond donors (Lipinski definition) is 0. The van der Waals surface area contributed by atoms with E-state index in [0.717, 1.165) is 25.9 Å². The van der Waals surface area contributed by atoms with E-state index in [2.05, 4.69) is 18.9 Å². The first-order valence-corrected chi connectivity index (χ1v) is 6.62. The zero-order chi connectivity index (χ0) is 10.5. The first-order valence-electron chi connectivity index (χ1n) is 5.07. The summed E-state index contributed by atoms with van der Waals surface area (Å²) in [5.74, 6) is 0. The Hall–Kier alpha value is 1.21. The zero-order valence-electron chi connectivity index (χ0n) is 10.2. The second-order valence-corrected chi connectivity index (χ2v) is 5.60. The van der Waals surface area contributed by atoms with Crippen LogP contribution in [0.15, 0.2) is 0 Å². The van der Waals surface area contributed by atoms with Gasteiger partial charge in [-0.05, 0) is 39.9 Å². The fourth-order valence-electron chi connectivity index (χ4n) is 1.38.